The van der Waals surface area contributed by atoms with E-state index in [-0.39, 0.29) is 35.4 Å². The lowest BCUT2D eigenvalue weighted by Gasteiger charge is -2.31. The minimum absolute atomic E-state index is 0.0376. The summed E-state index contributed by atoms with van der Waals surface area (Å²) in [4.78, 5) is 15.7. The number of fused-ring (bicyclic) bond motifs is 3. The van der Waals surface area contributed by atoms with Crippen LogP contribution in [0.2, 0.25) is 0 Å². The van der Waals surface area contributed by atoms with Gasteiger partial charge < -0.3 is 9.84 Å². The smallest absolute Gasteiger partial charge is 0.307 e. The lowest BCUT2D eigenvalue weighted by Crippen LogP contribution is -2.39. The molecule has 2 aromatic carbocycles. The highest BCUT2D eigenvalue weighted by Gasteiger charge is 2.60. The van der Waals surface area contributed by atoms with Gasteiger partial charge in [-0.1, -0.05) is 24.3 Å². The number of carboxylic acid groups (broad SMARTS) is 1. The number of aromatic nitrogens is 1. The first-order valence-electron chi connectivity index (χ1n) is 14.4. The molecule has 3 aliphatic carbocycles. The van der Waals surface area contributed by atoms with Crippen molar-refractivity contribution in [1.29, 1.82) is 0 Å². The largest absolute Gasteiger partial charge is 0.481 e. The first-order valence-corrected chi connectivity index (χ1v) is 15.9. The van der Waals surface area contributed by atoms with Crippen LogP contribution in [0.1, 0.15) is 65.3 Å². The van der Waals surface area contributed by atoms with Crippen LogP contribution in [0.3, 0.4) is 0 Å². The molecule has 2 heterocycles. The van der Waals surface area contributed by atoms with Gasteiger partial charge in [0.25, 0.3) is 0 Å². The Kier molecular flexibility index (Phi) is 6.43. The van der Waals surface area contributed by atoms with E-state index in [4.69, 9.17) is 4.74 Å². The second kappa shape index (κ2) is 9.91. The molecule has 4 aliphatic rings. The van der Waals surface area contributed by atoms with Crippen molar-refractivity contribution >= 4 is 16.0 Å². The number of carboxylic acids is 1. The molecule has 3 atom stereocenters. The van der Waals surface area contributed by atoms with Crippen molar-refractivity contribution < 1.29 is 27.4 Å². The van der Waals surface area contributed by atoms with Gasteiger partial charge in [0, 0.05) is 36.8 Å². The molecule has 1 N–H and O–H groups in total. The summed E-state index contributed by atoms with van der Waals surface area (Å²) in [6.07, 6.45) is 5.66. The van der Waals surface area contributed by atoms with Gasteiger partial charge in [0.1, 0.15) is 12.4 Å². The number of aliphatic carboxylic acids is 1. The molecule has 2 saturated carbocycles. The zero-order chi connectivity index (χ0) is 28.5. The third-order valence-corrected chi connectivity index (χ3v) is 11.9. The summed E-state index contributed by atoms with van der Waals surface area (Å²) in [6, 6.07) is 13.6. The topological polar surface area (TPSA) is 96.8 Å². The number of aryl methyl sites for hydroxylation is 1. The predicted octanol–water partition coefficient (Wildman–Crippen LogP) is 5.42. The number of hydrogen-bond acceptors (Lipinski definition) is 5. The number of sulfonamides is 1. The number of rotatable bonds is 8. The third kappa shape index (κ3) is 4.83. The number of carbonyl (C=O) groups is 1. The molecule has 7 nitrogen and oxygen atoms in total. The standard InChI is InChI=1S/C32H33FN2O5S/c1-18-12-28(33)23(17-40-29-15-22-13-26-30(27(22)16-34-29)31(26)32(36)37)14-25(18)21-4-2-19(3-5-21)20-8-10-35(11-9-20)41(38,39)24-6-7-24/h2-5,12,14-16,20,24,26,30-31H,6-11,13,17H2,1H3,(H,36,37)/t26-,30-,31+/m1/s1. The van der Waals surface area contributed by atoms with E-state index in [2.05, 4.69) is 29.2 Å². The fourth-order valence-electron chi connectivity index (χ4n) is 6.93. The molecule has 3 aromatic rings. The van der Waals surface area contributed by atoms with E-state index in [0.717, 1.165) is 53.5 Å². The molecule has 0 amide bonds. The average Bonchev–Trinajstić information content (AvgIpc) is 3.89. The molecule has 0 unspecified atom stereocenters. The molecule has 1 saturated heterocycles. The molecule has 1 aromatic heterocycles. The van der Waals surface area contributed by atoms with Gasteiger partial charge in [-0.3, -0.25) is 4.79 Å². The van der Waals surface area contributed by atoms with Crippen LogP contribution in [0.15, 0.2) is 48.7 Å². The summed E-state index contributed by atoms with van der Waals surface area (Å²) in [6.45, 7) is 3.09. The van der Waals surface area contributed by atoms with Crippen molar-refractivity contribution in [3.8, 4) is 17.0 Å². The Balaban J connectivity index is 1.01. The van der Waals surface area contributed by atoms with Crippen LogP contribution in [0.25, 0.3) is 11.1 Å². The second-order valence-corrected chi connectivity index (χ2v) is 14.3. The molecule has 0 bridgehead atoms. The predicted molar refractivity (Wildman–Crippen MR) is 152 cm³/mol. The zero-order valence-corrected chi connectivity index (χ0v) is 23.7. The molecular formula is C32H33FN2O5S. The molecule has 0 radical (unpaired) electrons. The molecule has 41 heavy (non-hydrogen) atoms. The zero-order valence-electron chi connectivity index (χ0n) is 22.9. The Bertz CT molecular complexity index is 1630. The van der Waals surface area contributed by atoms with E-state index in [1.165, 1.54) is 11.6 Å². The van der Waals surface area contributed by atoms with Crippen LogP contribution in [0.5, 0.6) is 5.88 Å². The van der Waals surface area contributed by atoms with Crippen molar-refractivity contribution in [2.45, 2.75) is 62.7 Å². The highest BCUT2D eigenvalue weighted by Crippen LogP contribution is 2.61. The van der Waals surface area contributed by atoms with E-state index in [1.807, 2.05) is 19.1 Å². The van der Waals surface area contributed by atoms with E-state index >= 15 is 0 Å². The lowest BCUT2D eigenvalue weighted by molar-refractivity contribution is -0.139. The summed E-state index contributed by atoms with van der Waals surface area (Å²) in [5.74, 6) is -0.416. The van der Waals surface area contributed by atoms with Gasteiger partial charge in [-0.2, -0.15) is 0 Å². The molecule has 3 fully saturated rings. The van der Waals surface area contributed by atoms with Gasteiger partial charge in [-0.15, -0.1) is 0 Å². The van der Waals surface area contributed by atoms with Gasteiger partial charge in [0.2, 0.25) is 15.9 Å². The number of nitrogens with zero attached hydrogens (tertiary/aromatic N) is 2. The quantitative estimate of drug-likeness (QED) is 0.385. The molecule has 9 heteroatoms. The number of halogens is 1. The second-order valence-electron chi connectivity index (χ2n) is 12.1. The fourth-order valence-corrected chi connectivity index (χ4v) is 8.80. The minimum atomic E-state index is -3.11. The molecule has 7 rings (SSSR count). The van der Waals surface area contributed by atoms with E-state index in [9.17, 15) is 22.7 Å². The van der Waals surface area contributed by atoms with E-state index < -0.39 is 16.0 Å². The van der Waals surface area contributed by atoms with Crippen LogP contribution in [-0.4, -0.2) is 47.1 Å². The Morgan fingerprint density at radius 3 is 2.51 bits per heavy atom. The van der Waals surface area contributed by atoms with Crippen LogP contribution < -0.4 is 4.74 Å². The van der Waals surface area contributed by atoms with Crippen molar-refractivity contribution in [3.05, 3.63) is 82.3 Å². The van der Waals surface area contributed by atoms with Crippen molar-refractivity contribution in [1.82, 2.24) is 9.29 Å². The van der Waals surface area contributed by atoms with Crippen molar-refractivity contribution in [2.75, 3.05) is 13.1 Å². The van der Waals surface area contributed by atoms with Gasteiger partial charge in [-0.05, 0) is 96.4 Å². The first-order chi connectivity index (χ1) is 19.7. The number of pyridine rings is 1. The summed E-state index contributed by atoms with van der Waals surface area (Å²) in [5.41, 5.74) is 6.47. The van der Waals surface area contributed by atoms with Gasteiger partial charge >= 0.3 is 5.97 Å². The summed E-state index contributed by atoms with van der Waals surface area (Å²) >= 11 is 0. The third-order valence-electron chi connectivity index (χ3n) is 9.49. The van der Waals surface area contributed by atoms with Gasteiger partial charge in [0.05, 0.1) is 11.2 Å². The van der Waals surface area contributed by atoms with Crippen molar-refractivity contribution in [2.24, 2.45) is 11.8 Å². The minimum Gasteiger partial charge on any atom is -0.481 e. The maximum atomic E-state index is 14.9. The van der Waals surface area contributed by atoms with Crippen molar-refractivity contribution in [3.63, 3.8) is 0 Å². The van der Waals surface area contributed by atoms with Crippen LogP contribution in [0.4, 0.5) is 4.39 Å². The summed E-state index contributed by atoms with van der Waals surface area (Å²) < 4.78 is 47.6. The van der Waals surface area contributed by atoms with Crippen LogP contribution in [0, 0.1) is 24.6 Å². The highest BCUT2D eigenvalue weighted by molar-refractivity contribution is 7.90. The lowest BCUT2D eigenvalue weighted by atomic mass is 9.88. The SMILES string of the molecule is Cc1cc(F)c(COc2cc3c(cn2)[C@H]2[C@@H](C3)[C@@H]2C(=O)O)cc1-c1ccc(C2CCN(S(=O)(=O)C3CC3)CC2)cc1. The van der Waals surface area contributed by atoms with Crippen LogP contribution in [-0.2, 0) is 27.8 Å². The van der Waals surface area contributed by atoms with Gasteiger partial charge in [-0.25, -0.2) is 22.1 Å². The summed E-state index contributed by atoms with van der Waals surface area (Å²) in [5, 5.41) is 9.17. The molecule has 1 aliphatic heterocycles. The number of piperidine rings is 1. The monoisotopic (exact) mass is 576 g/mol. The van der Waals surface area contributed by atoms with E-state index in [0.29, 0.717) is 36.9 Å². The first kappa shape index (κ1) is 26.6. The average molecular weight is 577 g/mol. The van der Waals surface area contributed by atoms with Gasteiger partial charge in [0.15, 0.2) is 0 Å². The normalized spacial score (nSPS) is 24.1. The molecule has 0 spiro atoms. The Hall–Kier alpha value is -3.30. The number of hydrogen-bond donors (Lipinski definition) is 1. The number of ether oxygens (including phenoxy) is 1. The van der Waals surface area contributed by atoms with E-state index in [1.54, 1.807) is 10.5 Å². The highest BCUT2D eigenvalue weighted by atomic mass is 32.2. The summed E-state index contributed by atoms with van der Waals surface area (Å²) in [7, 11) is -3.11. The fraction of sp³-hybridized carbons (Fsp3) is 0.438. The molecule has 214 valence electrons. The number of benzene rings is 2. The molecular weight excluding hydrogens is 543 g/mol. The Labute approximate surface area is 239 Å². The van der Waals surface area contributed by atoms with Crippen LogP contribution >= 0.6 is 0 Å². The maximum Gasteiger partial charge on any atom is 0.307 e. The maximum absolute atomic E-state index is 14.9. The Morgan fingerprint density at radius 1 is 1.10 bits per heavy atom. The Morgan fingerprint density at radius 2 is 1.83 bits per heavy atom.